The number of nitrogens with zero attached hydrogens (tertiary/aromatic N) is 1. The summed E-state index contributed by atoms with van der Waals surface area (Å²) >= 11 is 0. The van der Waals surface area contributed by atoms with Crippen molar-refractivity contribution in [2.24, 2.45) is 0 Å². The molecule has 0 radical (unpaired) electrons. The number of hydrogen-bond donors (Lipinski definition) is 1. The number of carbonyl (C=O) groups is 2. The summed E-state index contributed by atoms with van der Waals surface area (Å²) in [4.78, 5) is 27.8. The molecule has 26 heavy (non-hydrogen) atoms. The normalized spacial score (nSPS) is 20.5. The number of rotatable bonds is 3. The number of pyridine rings is 1. The Morgan fingerprint density at radius 3 is 2.77 bits per heavy atom. The molecule has 0 fully saturated rings. The van der Waals surface area contributed by atoms with Crippen LogP contribution in [0.4, 0.5) is 13.2 Å². The van der Waals surface area contributed by atoms with Gasteiger partial charge in [0.05, 0.1) is 29.9 Å². The summed E-state index contributed by atoms with van der Waals surface area (Å²) in [5.74, 6) is -5.66. The zero-order valence-corrected chi connectivity index (χ0v) is 14.2. The first kappa shape index (κ1) is 18.0. The van der Waals surface area contributed by atoms with Crippen molar-refractivity contribution in [1.29, 1.82) is 0 Å². The van der Waals surface area contributed by atoms with Crippen molar-refractivity contribution >= 4 is 11.9 Å². The Morgan fingerprint density at radius 1 is 1.46 bits per heavy atom. The molecule has 2 atom stereocenters. The van der Waals surface area contributed by atoms with Gasteiger partial charge in [0.25, 0.3) is 0 Å². The lowest BCUT2D eigenvalue weighted by molar-refractivity contribution is -0.136. The zero-order chi connectivity index (χ0) is 19.2. The maximum Gasteiger partial charge on any atom is 0.337 e. The first-order valence-electron chi connectivity index (χ1n) is 7.72. The number of allylic oxidation sites excluding steroid dienone is 1. The van der Waals surface area contributed by atoms with Crippen molar-refractivity contribution in [3.8, 4) is 0 Å². The maximum absolute atomic E-state index is 14.3. The van der Waals surface area contributed by atoms with Crippen LogP contribution in [0.1, 0.15) is 37.1 Å². The van der Waals surface area contributed by atoms with Gasteiger partial charge in [-0.15, -0.1) is 0 Å². The number of esters is 2. The van der Waals surface area contributed by atoms with Gasteiger partial charge in [-0.1, -0.05) is 0 Å². The lowest BCUT2D eigenvalue weighted by Crippen LogP contribution is -2.31. The third-order valence-corrected chi connectivity index (χ3v) is 4.37. The standard InChI is InChI=1S/C17H15F3N2O4/c1-6(18)10-8(4-21-15(20)14(10)19)12-11(16(23)25-3)7(2)22-9-5-26-17(24)13(9)12/h4,6,12,22H,5H2,1-3H3. The Kier molecular flexibility index (Phi) is 4.47. The zero-order valence-electron chi connectivity index (χ0n) is 14.2. The quantitative estimate of drug-likeness (QED) is 0.652. The molecule has 1 N–H and O–H groups in total. The monoisotopic (exact) mass is 368 g/mol. The van der Waals surface area contributed by atoms with Crippen LogP contribution in [0.15, 0.2) is 28.7 Å². The van der Waals surface area contributed by atoms with E-state index in [0.717, 1.165) is 20.2 Å². The van der Waals surface area contributed by atoms with E-state index in [2.05, 4.69) is 10.3 Å². The number of dihydropyridines is 1. The van der Waals surface area contributed by atoms with E-state index in [1.54, 1.807) is 6.92 Å². The summed E-state index contributed by atoms with van der Waals surface area (Å²) < 4.78 is 51.7. The molecule has 0 aromatic carbocycles. The van der Waals surface area contributed by atoms with E-state index >= 15 is 0 Å². The van der Waals surface area contributed by atoms with E-state index in [0.29, 0.717) is 11.4 Å². The Hall–Kier alpha value is -2.84. The molecular formula is C17H15F3N2O4. The summed E-state index contributed by atoms with van der Waals surface area (Å²) in [7, 11) is 1.14. The smallest absolute Gasteiger partial charge is 0.337 e. The molecule has 2 aliphatic rings. The lowest BCUT2D eigenvalue weighted by Gasteiger charge is -2.28. The number of methoxy groups -OCH3 is 1. The second-order valence-corrected chi connectivity index (χ2v) is 5.90. The molecule has 0 saturated heterocycles. The first-order chi connectivity index (χ1) is 12.3. The minimum absolute atomic E-state index is 0.0192. The van der Waals surface area contributed by atoms with E-state index in [-0.39, 0.29) is 23.3 Å². The molecule has 0 spiro atoms. The van der Waals surface area contributed by atoms with Gasteiger partial charge in [0.1, 0.15) is 12.8 Å². The highest BCUT2D eigenvalue weighted by molar-refractivity contribution is 6.01. The molecule has 0 aliphatic carbocycles. The van der Waals surface area contributed by atoms with Crippen molar-refractivity contribution < 1.29 is 32.2 Å². The van der Waals surface area contributed by atoms with Crippen LogP contribution in [0, 0.1) is 11.8 Å². The molecule has 0 amide bonds. The van der Waals surface area contributed by atoms with Gasteiger partial charge in [-0.2, -0.15) is 4.39 Å². The van der Waals surface area contributed by atoms with Gasteiger partial charge in [-0.05, 0) is 19.4 Å². The van der Waals surface area contributed by atoms with E-state index in [9.17, 15) is 22.8 Å². The van der Waals surface area contributed by atoms with Crippen LogP contribution in [0.25, 0.3) is 0 Å². The molecule has 3 heterocycles. The van der Waals surface area contributed by atoms with Gasteiger partial charge < -0.3 is 14.8 Å². The number of aromatic nitrogens is 1. The Morgan fingerprint density at radius 2 is 2.15 bits per heavy atom. The molecular weight excluding hydrogens is 353 g/mol. The Balaban J connectivity index is 2.31. The molecule has 0 saturated carbocycles. The third-order valence-electron chi connectivity index (χ3n) is 4.37. The summed E-state index contributed by atoms with van der Waals surface area (Å²) in [5.41, 5.74) is -0.0457. The molecule has 9 heteroatoms. The van der Waals surface area contributed by atoms with Crippen LogP contribution >= 0.6 is 0 Å². The van der Waals surface area contributed by atoms with Crippen molar-refractivity contribution in [2.75, 3.05) is 13.7 Å². The molecule has 3 rings (SSSR count). The maximum atomic E-state index is 14.3. The summed E-state index contributed by atoms with van der Waals surface area (Å²) in [6.07, 6.45) is -0.982. The lowest BCUT2D eigenvalue weighted by atomic mass is 9.79. The van der Waals surface area contributed by atoms with Gasteiger partial charge in [-0.3, -0.25) is 0 Å². The third kappa shape index (κ3) is 2.63. The number of ether oxygens (including phenoxy) is 2. The highest BCUT2D eigenvalue weighted by Gasteiger charge is 2.43. The molecule has 2 unspecified atom stereocenters. The Labute approximate surface area is 146 Å². The number of alkyl halides is 1. The van der Waals surface area contributed by atoms with Gasteiger partial charge in [-0.25, -0.2) is 23.4 Å². The summed E-state index contributed by atoms with van der Waals surface area (Å²) in [6, 6.07) is 0. The minimum Gasteiger partial charge on any atom is -0.466 e. The number of halogens is 3. The van der Waals surface area contributed by atoms with E-state index in [4.69, 9.17) is 9.47 Å². The first-order valence-corrected chi connectivity index (χ1v) is 7.72. The minimum atomic E-state index is -1.90. The summed E-state index contributed by atoms with van der Waals surface area (Å²) in [6.45, 7) is 2.50. The van der Waals surface area contributed by atoms with Crippen molar-refractivity contribution in [3.05, 3.63) is 51.6 Å². The van der Waals surface area contributed by atoms with Crippen LogP contribution in [0.5, 0.6) is 0 Å². The fraction of sp³-hybridized carbons (Fsp3) is 0.353. The van der Waals surface area contributed by atoms with Gasteiger partial charge in [0.15, 0.2) is 5.82 Å². The van der Waals surface area contributed by atoms with Crippen LogP contribution in [0.3, 0.4) is 0 Å². The summed E-state index contributed by atoms with van der Waals surface area (Å²) in [5, 5.41) is 2.88. The second-order valence-electron chi connectivity index (χ2n) is 5.90. The molecule has 0 bridgehead atoms. The molecule has 6 nitrogen and oxygen atoms in total. The van der Waals surface area contributed by atoms with E-state index in [1.165, 1.54) is 0 Å². The van der Waals surface area contributed by atoms with Crippen molar-refractivity contribution in [2.45, 2.75) is 25.9 Å². The molecule has 1 aromatic heterocycles. The predicted octanol–water partition coefficient (Wildman–Crippen LogP) is 2.33. The average molecular weight is 368 g/mol. The SMILES string of the molecule is COC(=O)C1=C(C)NC2=C(C(=O)OC2)C1c1cnc(F)c(F)c1C(C)F. The fourth-order valence-corrected chi connectivity index (χ4v) is 3.28. The molecule has 2 aliphatic heterocycles. The predicted molar refractivity (Wildman–Crippen MR) is 82.3 cm³/mol. The number of hydrogen-bond acceptors (Lipinski definition) is 6. The van der Waals surface area contributed by atoms with E-state index < -0.39 is 41.4 Å². The number of carbonyl (C=O) groups excluding carboxylic acids is 2. The van der Waals surface area contributed by atoms with Crippen molar-refractivity contribution in [3.63, 3.8) is 0 Å². The van der Waals surface area contributed by atoms with Crippen LogP contribution < -0.4 is 5.32 Å². The number of cyclic esters (lactones) is 1. The average Bonchev–Trinajstić information content (AvgIpc) is 2.95. The highest BCUT2D eigenvalue weighted by atomic mass is 19.2. The van der Waals surface area contributed by atoms with Crippen molar-refractivity contribution in [1.82, 2.24) is 10.3 Å². The topological polar surface area (TPSA) is 77.5 Å². The molecule has 1 aromatic rings. The van der Waals surface area contributed by atoms with Crippen LogP contribution in [0.2, 0.25) is 0 Å². The van der Waals surface area contributed by atoms with E-state index in [1.807, 2.05) is 0 Å². The highest BCUT2D eigenvalue weighted by Crippen LogP contribution is 2.44. The molecule has 138 valence electrons. The van der Waals surface area contributed by atoms with Crippen LogP contribution in [-0.4, -0.2) is 30.6 Å². The second kappa shape index (κ2) is 6.47. The largest absolute Gasteiger partial charge is 0.466 e. The Bertz CT molecular complexity index is 877. The number of nitrogens with one attached hydrogen (secondary N) is 1. The van der Waals surface area contributed by atoms with Gasteiger partial charge in [0, 0.05) is 17.5 Å². The van der Waals surface area contributed by atoms with Gasteiger partial charge >= 0.3 is 11.9 Å². The van der Waals surface area contributed by atoms with Crippen LogP contribution in [-0.2, 0) is 19.1 Å². The fourth-order valence-electron chi connectivity index (χ4n) is 3.28. The van der Waals surface area contributed by atoms with Gasteiger partial charge in [0.2, 0.25) is 5.95 Å².